The van der Waals surface area contributed by atoms with Gasteiger partial charge in [-0.25, -0.2) is 19.9 Å². The van der Waals surface area contributed by atoms with Crippen molar-refractivity contribution in [2.24, 2.45) is 10.2 Å². The molecule has 0 bridgehead atoms. The lowest BCUT2D eigenvalue weighted by atomic mass is 10.0. The van der Waals surface area contributed by atoms with Crippen molar-refractivity contribution >= 4 is 33.9 Å². The van der Waals surface area contributed by atoms with E-state index >= 15 is 0 Å². The minimum atomic E-state index is -0.440. The molecule has 0 aliphatic rings. The number of benzene rings is 3. The van der Waals surface area contributed by atoms with Gasteiger partial charge < -0.3 is 10.1 Å². The Hall–Kier alpha value is -6.35. The van der Waals surface area contributed by atoms with Crippen LogP contribution in [0.15, 0.2) is 114 Å². The number of hydrogen-bond donors (Lipinski definition) is 1. The molecule has 0 atom stereocenters. The molecular formula is C29H18N10O2. The van der Waals surface area contributed by atoms with Gasteiger partial charge in [-0.05, 0) is 35.7 Å². The molecule has 0 spiro atoms. The van der Waals surface area contributed by atoms with Gasteiger partial charge in [0.15, 0.2) is 11.6 Å². The molecule has 1 amide bonds. The lowest BCUT2D eigenvalue weighted by Crippen LogP contribution is -2.13. The average molecular weight is 539 g/mol. The fraction of sp³-hybridized carbons (Fsp3) is 0. The van der Waals surface area contributed by atoms with E-state index in [0.717, 1.165) is 0 Å². The number of aromatic nitrogens is 6. The van der Waals surface area contributed by atoms with E-state index in [4.69, 9.17) is 4.74 Å². The number of carbonyl (C=O) groups excluding carboxylic acids is 1. The SMILES string of the molecule is N#Cc1cnn(-c2ncccn2)c1N=Nc1c(Oc2ncccn2)c(C(=O)Nc2ccccc2)cc2ccccc12. The van der Waals surface area contributed by atoms with Gasteiger partial charge in [0.05, 0.1) is 11.8 Å². The molecule has 3 aromatic carbocycles. The number of nitriles is 1. The van der Waals surface area contributed by atoms with Gasteiger partial charge in [0, 0.05) is 35.9 Å². The molecule has 3 aromatic heterocycles. The third-order valence-electron chi connectivity index (χ3n) is 5.84. The second-order valence-electron chi connectivity index (χ2n) is 8.43. The van der Waals surface area contributed by atoms with E-state index in [9.17, 15) is 10.1 Å². The van der Waals surface area contributed by atoms with Crippen LogP contribution in [0.4, 0.5) is 17.2 Å². The highest BCUT2D eigenvalue weighted by molar-refractivity contribution is 6.12. The Morgan fingerprint density at radius 1 is 0.878 bits per heavy atom. The Balaban J connectivity index is 1.54. The van der Waals surface area contributed by atoms with E-state index in [2.05, 4.69) is 46.6 Å². The maximum absolute atomic E-state index is 13.6. The maximum atomic E-state index is 13.6. The van der Waals surface area contributed by atoms with E-state index < -0.39 is 5.91 Å². The van der Waals surface area contributed by atoms with Crippen molar-refractivity contribution in [3.8, 4) is 23.8 Å². The van der Waals surface area contributed by atoms with E-state index in [0.29, 0.717) is 16.5 Å². The third-order valence-corrected chi connectivity index (χ3v) is 5.84. The molecule has 196 valence electrons. The van der Waals surface area contributed by atoms with E-state index in [1.54, 1.807) is 42.7 Å². The van der Waals surface area contributed by atoms with Crippen LogP contribution in [0.25, 0.3) is 16.7 Å². The first-order valence-corrected chi connectivity index (χ1v) is 12.3. The summed E-state index contributed by atoms with van der Waals surface area (Å²) >= 11 is 0. The monoisotopic (exact) mass is 538 g/mol. The number of fused-ring (bicyclic) bond motifs is 1. The van der Waals surface area contributed by atoms with E-state index in [1.165, 1.54) is 23.3 Å². The zero-order chi connectivity index (χ0) is 28.0. The number of anilines is 1. The van der Waals surface area contributed by atoms with Gasteiger partial charge in [-0.1, -0.05) is 42.5 Å². The Bertz CT molecular complexity index is 1920. The molecule has 12 heteroatoms. The number of para-hydroxylation sites is 1. The molecule has 12 nitrogen and oxygen atoms in total. The first-order valence-electron chi connectivity index (χ1n) is 12.3. The van der Waals surface area contributed by atoms with E-state index in [1.807, 2.05) is 42.5 Å². The molecule has 0 saturated carbocycles. The molecule has 1 N–H and O–H groups in total. The molecule has 6 aromatic rings. The van der Waals surface area contributed by atoms with Crippen LogP contribution in [0.2, 0.25) is 0 Å². The first-order chi connectivity index (χ1) is 20.2. The molecule has 0 radical (unpaired) electrons. The summed E-state index contributed by atoms with van der Waals surface area (Å²) < 4.78 is 7.40. The highest BCUT2D eigenvalue weighted by Crippen LogP contribution is 2.42. The minimum absolute atomic E-state index is 0.00781. The zero-order valence-corrected chi connectivity index (χ0v) is 21.2. The fourth-order valence-electron chi connectivity index (χ4n) is 3.99. The number of azo groups is 1. The lowest BCUT2D eigenvalue weighted by molar-refractivity contribution is 0.102. The van der Waals surface area contributed by atoms with Crippen molar-refractivity contribution in [2.45, 2.75) is 0 Å². The number of amides is 1. The van der Waals surface area contributed by atoms with Gasteiger partial charge in [-0.2, -0.15) is 15.0 Å². The number of rotatable bonds is 7. The highest BCUT2D eigenvalue weighted by atomic mass is 16.5. The smallest absolute Gasteiger partial charge is 0.321 e. The summed E-state index contributed by atoms with van der Waals surface area (Å²) in [5.41, 5.74) is 1.15. The summed E-state index contributed by atoms with van der Waals surface area (Å²) in [4.78, 5) is 30.3. The normalized spacial score (nSPS) is 10.9. The molecule has 0 aliphatic carbocycles. The number of hydrogen-bond acceptors (Lipinski definition) is 10. The predicted octanol–water partition coefficient (Wildman–Crippen LogP) is 5.94. The molecule has 0 saturated heterocycles. The van der Waals surface area contributed by atoms with Crippen molar-refractivity contribution < 1.29 is 9.53 Å². The first kappa shape index (κ1) is 25.0. The fourth-order valence-corrected chi connectivity index (χ4v) is 3.99. The van der Waals surface area contributed by atoms with Crippen LogP contribution in [-0.4, -0.2) is 35.6 Å². The molecule has 0 unspecified atom stereocenters. The Morgan fingerprint density at radius 3 is 2.34 bits per heavy atom. The summed E-state index contributed by atoms with van der Waals surface area (Å²) in [7, 11) is 0. The van der Waals surface area contributed by atoms with Crippen LogP contribution in [0, 0.1) is 11.3 Å². The average Bonchev–Trinajstić information content (AvgIpc) is 3.44. The van der Waals surface area contributed by atoms with Gasteiger partial charge in [-0.3, -0.25) is 4.79 Å². The Morgan fingerprint density at radius 2 is 1.59 bits per heavy atom. The van der Waals surface area contributed by atoms with Crippen LogP contribution in [0.5, 0.6) is 11.8 Å². The summed E-state index contributed by atoms with van der Waals surface area (Å²) in [6.07, 6.45) is 7.48. The Kier molecular flexibility index (Phi) is 6.80. The van der Waals surface area contributed by atoms with E-state index in [-0.39, 0.29) is 40.3 Å². The molecule has 0 fully saturated rings. The minimum Gasteiger partial charge on any atom is -0.421 e. The second-order valence-corrected chi connectivity index (χ2v) is 8.43. The topological polar surface area (TPSA) is 156 Å². The summed E-state index contributed by atoms with van der Waals surface area (Å²) in [6, 6.07) is 23.5. The predicted molar refractivity (Wildman–Crippen MR) is 148 cm³/mol. The lowest BCUT2D eigenvalue weighted by Gasteiger charge is -2.15. The van der Waals surface area contributed by atoms with Crippen LogP contribution in [-0.2, 0) is 0 Å². The van der Waals surface area contributed by atoms with Gasteiger partial charge in [0.25, 0.3) is 11.9 Å². The summed E-state index contributed by atoms with van der Waals surface area (Å²) in [5.74, 6) is -0.0563. The quantitative estimate of drug-likeness (QED) is 0.245. The van der Waals surface area contributed by atoms with Gasteiger partial charge >= 0.3 is 6.01 Å². The number of ether oxygens (including phenoxy) is 1. The summed E-state index contributed by atoms with van der Waals surface area (Å²) in [5, 5.41) is 27.1. The van der Waals surface area contributed by atoms with Crippen molar-refractivity contribution in [3.63, 3.8) is 0 Å². The highest BCUT2D eigenvalue weighted by Gasteiger charge is 2.23. The molecule has 3 heterocycles. The second kappa shape index (κ2) is 11.2. The van der Waals surface area contributed by atoms with Crippen LogP contribution in [0.3, 0.4) is 0 Å². The van der Waals surface area contributed by atoms with Crippen LogP contribution >= 0.6 is 0 Å². The van der Waals surface area contributed by atoms with Crippen molar-refractivity contribution in [3.05, 3.63) is 115 Å². The van der Waals surface area contributed by atoms with Crippen LogP contribution in [0.1, 0.15) is 15.9 Å². The molecule has 6 rings (SSSR count). The third kappa shape index (κ3) is 5.18. The number of carbonyl (C=O) groups is 1. The largest absolute Gasteiger partial charge is 0.421 e. The summed E-state index contributed by atoms with van der Waals surface area (Å²) in [6.45, 7) is 0. The van der Waals surface area contributed by atoms with Gasteiger partial charge in [0.2, 0.25) is 0 Å². The maximum Gasteiger partial charge on any atom is 0.321 e. The van der Waals surface area contributed by atoms with Crippen molar-refractivity contribution in [1.29, 1.82) is 5.26 Å². The Labute approximate surface area is 232 Å². The van der Waals surface area contributed by atoms with Gasteiger partial charge in [-0.15, -0.1) is 10.2 Å². The molecular weight excluding hydrogens is 520 g/mol. The van der Waals surface area contributed by atoms with Gasteiger partial charge in [0.1, 0.15) is 17.3 Å². The standard InChI is InChI=1S/C29H18N10O2/c30-17-20-18-35-39(28-31-12-6-13-32-28)26(20)38-37-24-22-11-5-4-8-19(22)16-23(25(24)41-29-33-14-7-15-34-29)27(40)36-21-9-2-1-3-10-21/h1-16,18H,(H,36,40). The molecule has 41 heavy (non-hydrogen) atoms. The molecule has 0 aliphatic heterocycles. The van der Waals surface area contributed by atoms with Crippen molar-refractivity contribution in [1.82, 2.24) is 29.7 Å². The van der Waals surface area contributed by atoms with Crippen LogP contribution < -0.4 is 10.1 Å². The number of nitrogens with one attached hydrogen (secondary N) is 1. The van der Waals surface area contributed by atoms with Crippen molar-refractivity contribution in [2.75, 3.05) is 5.32 Å². The number of nitrogens with zero attached hydrogens (tertiary/aromatic N) is 9. The zero-order valence-electron chi connectivity index (χ0n) is 21.2.